The van der Waals surface area contributed by atoms with Crippen LogP contribution in [0.3, 0.4) is 0 Å². The molecule has 7 heavy (non-hydrogen) atoms. The summed E-state index contributed by atoms with van der Waals surface area (Å²) in [6.07, 6.45) is 0. The molecule has 0 heterocycles. The molecule has 0 aromatic carbocycles. The molecule has 0 unspecified atom stereocenters. The van der Waals surface area contributed by atoms with Crippen molar-refractivity contribution in [2.45, 2.75) is 0 Å². The molecule has 0 aliphatic rings. The average Bonchev–Trinajstić information content (AvgIpc) is 0.811. The summed E-state index contributed by atoms with van der Waals surface area (Å²) in [4.78, 5) is 0. The number of rotatable bonds is 0. The van der Waals surface area contributed by atoms with Crippen LogP contribution in [-0.4, -0.2) is 98.6 Å². The monoisotopic (exact) mass is 492 g/mol. The maximum absolute atomic E-state index is 7.17. The van der Waals surface area contributed by atoms with Crippen molar-refractivity contribution >= 4 is 100 Å². The van der Waals surface area contributed by atoms with Gasteiger partial charge in [-0.1, -0.05) is 0 Å². The van der Waals surface area contributed by atoms with Crippen LogP contribution in [0.25, 0.3) is 0 Å². The molecule has 3 nitrogen and oxygen atoms in total. The maximum atomic E-state index is 7.17. The SMILES string of the molecule is Br.OB(O)O.[BaH2].[PbH2]. The summed E-state index contributed by atoms with van der Waals surface area (Å²) in [6, 6.07) is 0. The van der Waals surface area contributed by atoms with Crippen molar-refractivity contribution in [3.8, 4) is 0 Å². The molecule has 0 rings (SSSR count). The third-order valence-electron chi connectivity index (χ3n) is 0. The van der Waals surface area contributed by atoms with E-state index in [1.165, 1.54) is 0 Å². The van der Waals surface area contributed by atoms with E-state index in [2.05, 4.69) is 0 Å². The molecule has 0 saturated carbocycles. The predicted octanol–water partition coefficient (Wildman–Crippen LogP) is -3.31. The van der Waals surface area contributed by atoms with Gasteiger partial charge in [0, 0.05) is 0 Å². The van der Waals surface area contributed by atoms with Crippen LogP contribution in [-0.2, 0) is 0 Å². The van der Waals surface area contributed by atoms with Crippen molar-refractivity contribution in [2.75, 3.05) is 0 Å². The molecule has 0 aromatic rings. The van der Waals surface area contributed by atoms with Crippen LogP contribution >= 0.6 is 17.0 Å². The Hall–Kier alpha value is 2.92. The van der Waals surface area contributed by atoms with Gasteiger partial charge in [0.2, 0.25) is 0 Å². The van der Waals surface area contributed by atoms with Crippen molar-refractivity contribution in [1.82, 2.24) is 0 Å². The Bertz CT molecular complexity index is 19.7. The van der Waals surface area contributed by atoms with Crippen LogP contribution in [0.5, 0.6) is 0 Å². The van der Waals surface area contributed by atoms with Gasteiger partial charge in [-0.05, 0) is 0 Å². The summed E-state index contributed by atoms with van der Waals surface area (Å²) in [6.45, 7) is 0. The second-order valence-electron chi connectivity index (χ2n) is 0.346. The van der Waals surface area contributed by atoms with Crippen molar-refractivity contribution in [1.29, 1.82) is 0 Å². The third kappa shape index (κ3) is 50.1. The average molecular weight is 491 g/mol. The van der Waals surface area contributed by atoms with Gasteiger partial charge in [0.05, 0.1) is 0 Å². The van der Waals surface area contributed by atoms with Crippen molar-refractivity contribution in [3.63, 3.8) is 0 Å². The zero-order chi connectivity index (χ0) is 3.58. The Balaban J connectivity index is -0.0000000150. The van der Waals surface area contributed by atoms with Crippen LogP contribution in [0.4, 0.5) is 0 Å². The fraction of sp³-hybridized carbons (Fsp3) is 0. The van der Waals surface area contributed by atoms with Crippen LogP contribution in [0.15, 0.2) is 0 Å². The first-order chi connectivity index (χ1) is 1.73. The Morgan fingerprint density at radius 2 is 1.00 bits per heavy atom. The summed E-state index contributed by atoms with van der Waals surface area (Å²) in [5.41, 5.74) is 0. The molecule has 0 aliphatic heterocycles. The molecule has 0 amide bonds. The van der Waals surface area contributed by atoms with E-state index in [0.717, 1.165) is 0 Å². The molecular formula is H8BBaBrO3Pb. The summed E-state index contributed by atoms with van der Waals surface area (Å²) in [7, 11) is -2.17. The molecule has 2 radical (unpaired) electrons. The van der Waals surface area contributed by atoms with E-state index in [-0.39, 0.29) is 93.2 Å². The molecule has 7 heteroatoms. The van der Waals surface area contributed by atoms with E-state index in [1.54, 1.807) is 0 Å². The van der Waals surface area contributed by atoms with Crippen LogP contribution in [0.1, 0.15) is 0 Å². The van der Waals surface area contributed by atoms with Gasteiger partial charge in [-0.25, -0.2) is 0 Å². The Kier molecular flexibility index (Phi) is 51.4. The van der Waals surface area contributed by atoms with Gasteiger partial charge in [-0.3, -0.25) is 0 Å². The normalized spacial score (nSPS) is 3.86. The number of halogens is 1. The van der Waals surface area contributed by atoms with E-state index in [9.17, 15) is 0 Å². The zero-order valence-electron chi connectivity index (χ0n) is 3.03. The summed E-state index contributed by atoms with van der Waals surface area (Å²) in [5, 5.41) is 21.5. The molecule has 0 spiro atoms. The minimum absolute atomic E-state index is 0. The summed E-state index contributed by atoms with van der Waals surface area (Å²) < 4.78 is 0. The van der Waals surface area contributed by atoms with Gasteiger partial charge in [-0.2, -0.15) is 0 Å². The molecule has 0 fully saturated rings. The number of hydrogen-bond acceptors (Lipinski definition) is 3. The van der Waals surface area contributed by atoms with Gasteiger partial charge in [0.15, 0.2) is 0 Å². The predicted molar refractivity (Wildman–Crippen MR) is 39.8 cm³/mol. The van der Waals surface area contributed by atoms with Gasteiger partial charge in [0.25, 0.3) is 0 Å². The van der Waals surface area contributed by atoms with Crippen LogP contribution in [0, 0.1) is 0 Å². The Morgan fingerprint density at radius 3 is 1.00 bits per heavy atom. The Morgan fingerprint density at radius 1 is 1.00 bits per heavy atom. The van der Waals surface area contributed by atoms with Gasteiger partial charge in [-0.15, -0.1) is 17.0 Å². The molecular weight excluding hydrogens is 483 g/mol. The molecule has 0 aliphatic carbocycles. The zero-order valence-corrected chi connectivity index (χ0v) is 10.2. The summed E-state index contributed by atoms with van der Waals surface area (Å²) in [5.74, 6) is 0. The molecule has 42 valence electrons. The molecule has 0 aromatic heterocycles. The second-order valence-corrected chi connectivity index (χ2v) is 0.346. The van der Waals surface area contributed by atoms with Gasteiger partial charge >= 0.3 is 83.5 Å². The molecule has 0 saturated heterocycles. The first-order valence-corrected chi connectivity index (χ1v) is 0.775. The van der Waals surface area contributed by atoms with Crippen LogP contribution < -0.4 is 0 Å². The topological polar surface area (TPSA) is 60.7 Å². The van der Waals surface area contributed by atoms with Gasteiger partial charge < -0.3 is 15.1 Å². The van der Waals surface area contributed by atoms with Crippen LogP contribution in [0.2, 0.25) is 0 Å². The summed E-state index contributed by atoms with van der Waals surface area (Å²) >= 11 is 0. The fourth-order valence-corrected chi connectivity index (χ4v) is 0. The van der Waals surface area contributed by atoms with Crippen molar-refractivity contribution < 1.29 is 15.1 Å². The molecule has 3 N–H and O–H groups in total. The van der Waals surface area contributed by atoms with E-state index < -0.39 is 7.32 Å². The molecule has 0 bridgehead atoms. The molecule has 0 atom stereocenters. The first kappa shape index (κ1) is 22.5. The minimum atomic E-state index is -2.17. The first-order valence-electron chi connectivity index (χ1n) is 0.775. The van der Waals surface area contributed by atoms with E-state index in [0.29, 0.717) is 0 Å². The fourth-order valence-electron chi connectivity index (χ4n) is 0. The van der Waals surface area contributed by atoms with Crippen molar-refractivity contribution in [3.05, 3.63) is 0 Å². The van der Waals surface area contributed by atoms with Crippen molar-refractivity contribution in [2.24, 2.45) is 0 Å². The van der Waals surface area contributed by atoms with E-state index in [1.807, 2.05) is 0 Å². The van der Waals surface area contributed by atoms with E-state index >= 15 is 0 Å². The standard InChI is InChI=1S/BH3O3.Ba.BrH.Pb.4H/c2-1(3)4;;;;;;;/h2-4H;;1H;;;;;. The Labute approximate surface area is 113 Å². The van der Waals surface area contributed by atoms with Gasteiger partial charge in [0.1, 0.15) is 0 Å². The van der Waals surface area contributed by atoms with E-state index in [4.69, 9.17) is 15.1 Å². The third-order valence-corrected chi connectivity index (χ3v) is 0. The second kappa shape index (κ2) is 16.0. The quantitative estimate of drug-likeness (QED) is 0.312. The number of hydrogen-bond donors (Lipinski definition) is 3.